The van der Waals surface area contributed by atoms with Crippen LogP contribution in [0.2, 0.25) is 0 Å². The van der Waals surface area contributed by atoms with E-state index in [-0.39, 0.29) is 17.2 Å². The van der Waals surface area contributed by atoms with Crippen molar-refractivity contribution in [2.75, 3.05) is 43.5 Å². The third kappa shape index (κ3) is 4.40. The first-order valence-corrected chi connectivity index (χ1v) is 13.2. The van der Waals surface area contributed by atoms with Crippen LogP contribution in [0.5, 0.6) is 5.75 Å². The second-order valence-corrected chi connectivity index (χ2v) is 10.8. The highest BCUT2D eigenvalue weighted by atomic mass is 16.5. The van der Waals surface area contributed by atoms with E-state index in [1.54, 1.807) is 0 Å². The molecule has 0 unspecified atom stereocenters. The highest BCUT2D eigenvalue weighted by Gasteiger charge is 2.42. The molecule has 37 heavy (non-hydrogen) atoms. The van der Waals surface area contributed by atoms with Crippen LogP contribution in [-0.2, 0) is 10.2 Å². The van der Waals surface area contributed by atoms with Crippen LogP contribution in [0.15, 0.2) is 60.7 Å². The third-order valence-electron chi connectivity index (χ3n) is 8.31. The molecule has 3 aromatic rings. The highest BCUT2D eigenvalue weighted by molar-refractivity contribution is 6.04. The zero-order valence-corrected chi connectivity index (χ0v) is 21.5. The molecular weight excluding hydrogens is 462 g/mol. The number of carbonyl (C=O) groups excluding carboxylic acids is 2. The van der Waals surface area contributed by atoms with Gasteiger partial charge in [0.15, 0.2) is 0 Å². The smallest absolute Gasteiger partial charge is 0.255 e. The van der Waals surface area contributed by atoms with Crippen molar-refractivity contribution in [3.63, 3.8) is 0 Å². The minimum Gasteiger partial charge on any atom is -0.492 e. The molecule has 3 heterocycles. The van der Waals surface area contributed by atoms with Gasteiger partial charge in [0, 0.05) is 40.9 Å². The summed E-state index contributed by atoms with van der Waals surface area (Å²) in [4.78, 5) is 29.5. The van der Waals surface area contributed by atoms with E-state index in [2.05, 4.69) is 36.3 Å². The summed E-state index contributed by atoms with van der Waals surface area (Å²) >= 11 is 0. The molecule has 0 bridgehead atoms. The average molecular weight is 496 g/mol. The monoisotopic (exact) mass is 495 g/mol. The highest BCUT2D eigenvalue weighted by Crippen LogP contribution is 2.45. The Morgan fingerprint density at radius 3 is 2.46 bits per heavy atom. The van der Waals surface area contributed by atoms with E-state index in [0.717, 1.165) is 72.7 Å². The van der Waals surface area contributed by atoms with Crippen LogP contribution in [-0.4, -0.2) is 50.0 Å². The van der Waals surface area contributed by atoms with Crippen molar-refractivity contribution >= 4 is 23.2 Å². The molecule has 6 rings (SSSR count). The van der Waals surface area contributed by atoms with Crippen molar-refractivity contribution in [2.24, 2.45) is 0 Å². The molecule has 190 valence electrons. The largest absolute Gasteiger partial charge is 0.492 e. The lowest BCUT2D eigenvalue weighted by Crippen LogP contribution is -2.41. The normalized spacial score (nSPS) is 18.6. The predicted octanol–water partition coefficient (Wildman–Crippen LogP) is 5.40. The molecule has 0 aromatic heterocycles. The van der Waals surface area contributed by atoms with Gasteiger partial charge >= 0.3 is 0 Å². The van der Waals surface area contributed by atoms with Gasteiger partial charge in [-0.2, -0.15) is 0 Å². The molecule has 2 amide bonds. The summed E-state index contributed by atoms with van der Waals surface area (Å²) in [5.41, 5.74) is 6.91. The molecule has 6 heteroatoms. The fraction of sp³-hybridized carbons (Fsp3) is 0.355. The minimum absolute atomic E-state index is 0.0231. The number of carbonyl (C=O) groups is 2. The number of fused-ring (bicyclic) bond motifs is 2. The SMILES string of the molecule is Cc1cc(N2CCCC2=O)ccc1-c1ccc(NC(=O)c2ccc3c(c2)C2(CCN(C)CC2)CO3)cc1. The zero-order valence-electron chi connectivity index (χ0n) is 21.5. The zero-order chi connectivity index (χ0) is 25.6. The van der Waals surface area contributed by atoms with Gasteiger partial charge in [0.1, 0.15) is 5.75 Å². The van der Waals surface area contributed by atoms with Gasteiger partial charge in [-0.15, -0.1) is 0 Å². The van der Waals surface area contributed by atoms with E-state index in [1.807, 2.05) is 53.4 Å². The van der Waals surface area contributed by atoms with Crippen LogP contribution in [0.1, 0.15) is 47.2 Å². The molecule has 0 aliphatic carbocycles. The lowest BCUT2D eigenvalue weighted by atomic mass is 9.74. The Balaban J connectivity index is 1.17. The van der Waals surface area contributed by atoms with E-state index in [1.165, 1.54) is 5.56 Å². The first-order valence-electron chi connectivity index (χ1n) is 13.2. The van der Waals surface area contributed by atoms with Crippen molar-refractivity contribution in [3.05, 3.63) is 77.4 Å². The number of nitrogens with zero attached hydrogens (tertiary/aromatic N) is 2. The maximum absolute atomic E-state index is 13.1. The molecule has 3 aliphatic rings. The molecule has 0 radical (unpaired) electrons. The number of anilines is 2. The fourth-order valence-corrected chi connectivity index (χ4v) is 5.96. The van der Waals surface area contributed by atoms with Crippen LogP contribution >= 0.6 is 0 Å². The molecule has 1 spiro atoms. The van der Waals surface area contributed by atoms with Gasteiger partial charge in [-0.1, -0.05) is 18.2 Å². The van der Waals surface area contributed by atoms with Gasteiger partial charge < -0.3 is 19.9 Å². The van der Waals surface area contributed by atoms with Crippen molar-refractivity contribution in [2.45, 2.75) is 38.0 Å². The molecule has 3 aromatic carbocycles. The van der Waals surface area contributed by atoms with Crippen LogP contribution in [0, 0.1) is 6.92 Å². The summed E-state index contributed by atoms with van der Waals surface area (Å²) in [6.07, 6.45) is 3.66. The molecule has 2 fully saturated rings. The van der Waals surface area contributed by atoms with E-state index in [0.29, 0.717) is 18.6 Å². The number of amides is 2. The third-order valence-corrected chi connectivity index (χ3v) is 8.31. The van der Waals surface area contributed by atoms with E-state index >= 15 is 0 Å². The Morgan fingerprint density at radius 2 is 1.76 bits per heavy atom. The molecule has 6 nitrogen and oxygen atoms in total. The summed E-state index contributed by atoms with van der Waals surface area (Å²) in [6, 6.07) is 20.0. The number of likely N-dealkylation sites (tertiary alicyclic amines) is 1. The lowest BCUT2D eigenvalue weighted by Gasteiger charge is -2.36. The van der Waals surface area contributed by atoms with Gasteiger partial charge in [0.2, 0.25) is 5.91 Å². The lowest BCUT2D eigenvalue weighted by molar-refractivity contribution is -0.117. The fourth-order valence-electron chi connectivity index (χ4n) is 5.96. The molecule has 2 saturated heterocycles. The number of aryl methyl sites for hydroxylation is 1. The molecule has 0 atom stereocenters. The molecular formula is C31H33N3O3. The number of nitrogens with one attached hydrogen (secondary N) is 1. The van der Waals surface area contributed by atoms with Crippen LogP contribution in [0.4, 0.5) is 11.4 Å². The first-order chi connectivity index (χ1) is 17.9. The Morgan fingerprint density at radius 1 is 0.973 bits per heavy atom. The summed E-state index contributed by atoms with van der Waals surface area (Å²) in [5.74, 6) is 1.01. The van der Waals surface area contributed by atoms with Gasteiger partial charge in [0.05, 0.1) is 6.61 Å². The summed E-state index contributed by atoms with van der Waals surface area (Å²) < 4.78 is 6.02. The Labute approximate surface area is 218 Å². The number of hydrogen-bond donors (Lipinski definition) is 1. The van der Waals surface area contributed by atoms with Gasteiger partial charge in [-0.05, 0) is 105 Å². The van der Waals surface area contributed by atoms with E-state index in [9.17, 15) is 9.59 Å². The maximum Gasteiger partial charge on any atom is 0.255 e. The summed E-state index contributed by atoms with van der Waals surface area (Å²) in [6.45, 7) is 5.66. The van der Waals surface area contributed by atoms with Gasteiger partial charge in [-0.3, -0.25) is 9.59 Å². The average Bonchev–Trinajstić information content (AvgIpc) is 3.50. The van der Waals surface area contributed by atoms with Crippen LogP contribution < -0.4 is 15.0 Å². The number of hydrogen-bond acceptors (Lipinski definition) is 4. The first kappa shape index (κ1) is 23.7. The second-order valence-electron chi connectivity index (χ2n) is 10.8. The Bertz CT molecular complexity index is 1360. The van der Waals surface area contributed by atoms with Crippen molar-refractivity contribution < 1.29 is 14.3 Å². The maximum atomic E-state index is 13.1. The molecule has 1 N–H and O–H groups in total. The summed E-state index contributed by atoms with van der Waals surface area (Å²) in [5, 5.41) is 3.06. The van der Waals surface area contributed by atoms with E-state index in [4.69, 9.17) is 4.74 Å². The Hall–Kier alpha value is -3.64. The number of piperidine rings is 1. The van der Waals surface area contributed by atoms with Gasteiger partial charge in [0.25, 0.3) is 5.91 Å². The number of rotatable bonds is 4. The van der Waals surface area contributed by atoms with Crippen LogP contribution in [0.3, 0.4) is 0 Å². The standard InChI is InChI=1S/C31H33N3O3/c1-21-18-25(34-15-3-4-29(34)35)10-11-26(21)22-5-8-24(9-6-22)32-30(36)23-7-12-28-27(19-23)31(20-37-28)13-16-33(2)17-14-31/h5-12,18-19H,3-4,13-17,20H2,1-2H3,(H,32,36). The van der Waals surface area contributed by atoms with Crippen molar-refractivity contribution in [1.82, 2.24) is 4.90 Å². The molecule has 3 aliphatic heterocycles. The quantitative estimate of drug-likeness (QED) is 0.527. The summed E-state index contributed by atoms with van der Waals surface area (Å²) in [7, 11) is 2.16. The minimum atomic E-state index is -0.110. The van der Waals surface area contributed by atoms with Crippen molar-refractivity contribution in [3.8, 4) is 16.9 Å². The van der Waals surface area contributed by atoms with Crippen molar-refractivity contribution in [1.29, 1.82) is 0 Å². The van der Waals surface area contributed by atoms with Gasteiger partial charge in [-0.25, -0.2) is 0 Å². The Kier molecular flexibility index (Phi) is 6.00. The number of ether oxygens (including phenoxy) is 1. The van der Waals surface area contributed by atoms with Crippen LogP contribution in [0.25, 0.3) is 11.1 Å². The second kappa shape index (κ2) is 9.34. The predicted molar refractivity (Wildman–Crippen MR) is 147 cm³/mol. The van der Waals surface area contributed by atoms with E-state index < -0.39 is 0 Å². The number of benzene rings is 3. The molecule has 0 saturated carbocycles. The topological polar surface area (TPSA) is 61.9 Å².